The normalized spacial score (nSPS) is 25.7. The van der Waals surface area contributed by atoms with E-state index in [-0.39, 0.29) is 0 Å². The van der Waals surface area contributed by atoms with Gasteiger partial charge in [-0.15, -0.1) is 0 Å². The molecule has 0 spiro atoms. The fourth-order valence-electron chi connectivity index (χ4n) is 4.51. The van der Waals surface area contributed by atoms with Crippen LogP contribution in [0.1, 0.15) is 55.2 Å². The minimum absolute atomic E-state index is 0.300. The van der Waals surface area contributed by atoms with Crippen LogP contribution in [0.4, 0.5) is 0 Å². The van der Waals surface area contributed by atoms with Crippen LogP contribution >= 0.6 is 0 Å². The molecule has 0 aliphatic carbocycles. The van der Waals surface area contributed by atoms with Gasteiger partial charge in [0.2, 0.25) is 5.76 Å². The minimum Gasteiger partial charge on any atom is -0.351 e. The molecule has 134 valence electrons. The van der Waals surface area contributed by atoms with Gasteiger partial charge in [-0.05, 0) is 37.8 Å². The second-order valence-electron chi connectivity index (χ2n) is 7.21. The van der Waals surface area contributed by atoms with E-state index in [1.54, 1.807) is 0 Å². The molecule has 0 unspecified atom stereocenters. The van der Waals surface area contributed by atoms with E-state index in [0.29, 0.717) is 29.7 Å². The van der Waals surface area contributed by atoms with Crippen molar-refractivity contribution in [2.24, 2.45) is 0 Å². The van der Waals surface area contributed by atoms with Gasteiger partial charge in [0.15, 0.2) is 5.82 Å². The van der Waals surface area contributed by atoms with E-state index in [1.807, 2.05) is 13.0 Å². The molecule has 2 aliphatic heterocycles. The van der Waals surface area contributed by atoms with Gasteiger partial charge in [-0.3, -0.25) is 4.90 Å². The van der Waals surface area contributed by atoms with Gasteiger partial charge in [0.1, 0.15) is 0 Å². The van der Waals surface area contributed by atoms with E-state index in [2.05, 4.69) is 50.5 Å². The molecule has 2 aromatic heterocycles. The molecule has 5 rings (SSSR count). The Balaban J connectivity index is 1.43. The van der Waals surface area contributed by atoms with Gasteiger partial charge in [0.05, 0.1) is 5.69 Å². The average Bonchev–Trinajstić information content (AvgIpc) is 3.44. The molecule has 6 heteroatoms. The first-order chi connectivity index (χ1) is 12.8. The van der Waals surface area contributed by atoms with Crippen molar-refractivity contribution in [2.75, 3.05) is 6.54 Å². The lowest BCUT2D eigenvalue weighted by atomic mass is 9.94. The highest BCUT2D eigenvalue weighted by Gasteiger charge is 2.46. The van der Waals surface area contributed by atoms with Gasteiger partial charge >= 0.3 is 0 Å². The Labute approximate surface area is 152 Å². The summed E-state index contributed by atoms with van der Waals surface area (Å²) in [5.74, 6) is 2.08. The molecular formula is C20H22N4O2. The quantitative estimate of drug-likeness (QED) is 0.709. The lowest BCUT2D eigenvalue weighted by molar-refractivity contribution is 0.243. The summed E-state index contributed by atoms with van der Waals surface area (Å²) >= 11 is 0. The van der Waals surface area contributed by atoms with Crippen molar-refractivity contribution in [2.45, 2.75) is 50.6 Å². The van der Waals surface area contributed by atoms with Crippen molar-refractivity contribution in [1.29, 1.82) is 0 Å². The third kappa shape index (κ3) is 2.56. The first kappa shape index (κ1) is 15.8. The first-order valence-corrected chi connectivity index (χ1v) is 9.43. The largest absolute Gasteiger partial charge is 0.351 e. The molecule has 2 saturated heterocycles. The van der Waals surface area contributed by atoms with E-state index in [4.69, 9.17) is 9.05 Å². The fraction of sp³-hybridized carbons (Fsp3) is 0.450. The molecule has 3 atom stereocenters. The number of fused-ring (bicyclic) bond motifs is 1. The zero-order chi connectivity index (χ0) is 17.5. The smallest absolute Gasteiger partial charge is 0.296 e. The van der Waals surface area contributed by atoms with E-state index < -0.39 is 0 Å². The van der Waals surface area contributed by atoms with Crippen LogP contribution in [-0.4, -0.2) is 32.8 Å². The average molecular weight is 350 g/mol. The summed E-state index contributed by atoms with van der Waals surface area (Å²) in [7, 11) is 0. The van der Waals surface area contributed by atoms with Crippen LogP contribution in [0.15, 0.2) is 45.4 Å². The van der Waals surface area contributed by atoms with Crippen molar-refractivity contribution in [3.63, 3.8) is 0 Å². The number of nitrogens with zero attached hydrogens (tertiary/aromatic N) is 4. The van der Waals surface area contributed by atoms with Crippen LogP contribution in [-0.2, 0) is 6.42 Å². The van der Waals surface area contributed by atoms with Crippen LogP contribution in [0, 0.1) is 0 Å². The fourth-order valence-corrected chi connectivity index (χ4v) is 4.51. The Hall–Kier alpha value is -2.47. The van der Waals surface area contributed by atoms with E-state index in [0.717, 1.165) is 30.9 Å². The number of aromatic nitrogens is 3. The molecule has 3 aromatic rings. The molecule has 1 aromatic carbocycles. The Kier molecular flexibility index (Phi) is 3.85. The molecular weight excluding hydrogens is 328 g/mol. The molecule has 0 saturated carbocycles. The van der Waals surface area contributed by atoms with E-state index >= 15 is 0 Å². The Morgan fingerprint density at radius 2 is 2.04 bits per heavy atom. The topological polar surface area (TPSA) is 68.2 Å². The first-order valence-electron chi connectivity index (χ1n) is 9.43. The number of benzene rings is 1. The Bertz CT molecular complexity index is 888. The summed E-state index contributed by atoms with van der Waals surface area (Å²) in [6.45, 7) is 3.19. The van der Waals surface area contributed by atoms with Crippen molar-refractivity contribution in [1.82, 2.24) is 20.2 Å². The molecule has 4 heterocycles. The van der Waals surface area contributed by atoms with Gasteiger partial charge in [0, 0.05) is 24.1 Å². The lowest BCUT2D eigenvalue weighted by Crippen LogP contribution is -2.27. The molecule has 6 nitrogen and oxygen atoms in total. The Morgan fingerprint density at radius 1 is 1.15 bits per heavy atom. The highest BCUT2D eigenvalue weighted by Crippen LogP contribution is 2.48. The van der Waals surface area contributed by atoms with Crippen molar-refractivity contribution < 1.29 is 9.05 Å². The highest BCUT2D eigenvalue weighted by molar-refractivity contribution is 5.44. The lowest BCUT2D eigenvalue weighted by Gasteiger charge is -2.24. The number of hydrogen-bond acceptors (Lipinski definition) is 6. The third-order valence-corrected chi connectivity index (χ3v) is 5.77. The molecule has 0 amide bonds. The van der Waals surface area contributed by atoms with Crippen LogP contribution in [0.3, 0.4) is 0 Å². The zero-order valence-corrected chi connectivity index (χ0v) is 14.8. The molecule has 2 aliphatic rings. The molecule has 26 heavy (non-hydrogen) atoms. The third-order valence-electron chi connectivity index (χ3n) is 5.77. The number of hydrogen-bond donors (Lipinski definition) is 0. The molecule has 2 fully saturated rings. The highest BCUT2D eigenvalue weighted by atomic mass is 16.5. The summed E-state index contributed by atoms with van der Waals surface area (Å²) in [6, 6.07) is 13.6. The zero-order valence-electron chi connectivity index (χ0n) is 14.8. The minimum atomic E-state index is 0.300. The molecule has 0 N–H and O–H groups in total. The number of rotatable bonds is 4. The van der Waals surface area contributed by atoms with Gasteiger partial charge in [-0.25, -0.2) is 0 Å². The number of aryl methyl sites for hydroxylation is 1. The summed E-state index contributed by atoms with van der Waals surface area (Å²) < 4.78 is 10.8. The Morgan fingerprint density at radius 3 is 2.85 bits per heavy atom. The predicted octanol–water partition coefficient (Wildman–Crippen LogP) is 3.98. The predicted molar refractivity (Wildman–Crippen MR) is 95.4 cm³/mol. The molecule has 0 bridgehead atoms. The van der Waals surface area contributed by atoms with Gasteiger partial charge < -0.3 is 9.05 Å². The summed E-state index contributed by atoms with van der Waals surface area (Å²) in [6.07, 6.45) is 4.28. The van der Waals surface area contributed by atoms with Gasteiger partial charge in [0.25, 0.3) is 5.89 Å². The van der Waals surface area contributed by atoms with E-state index in [1.165, 1.54) is 18.4 Å². The summed E-state index contributed by atoms with van der Waals surface area (Å²) in [4.78, 5) is 7.29. The maximum atomic E-state index is 5.50. The van der Waals surface area contributed by atoms with Crippen molar-refractivity contribution >= 4 is 0 Å². The van der Waals surface area contributed by atoms with Crippen molar-refractivity contribution in [3.8, 4) is 11.7 Å². The van der Waals surface area contributed by atoms with Gasteiger partial charge in [-0.1, -0.05) is 47.6 Å². The van der Waals surface area contributed by atoms with Crippen LogP contribution in [0.5, 0.6) is 0 Å². The van der Waals surface area contributed by atoms with Crippen LogP contribution in [0.25, 0.3) is 11.7 Å². The second-order valence-corrected chi connectivity index (χ2v) is 7.21. The monoisotopic (exact) mass is 350 g/mol. The summed E-state index contributed by atoms with van der Waals surface area (Å²) in [5, 5.41) is 8.31. The standard InChI is InChI=1S/C20H22N4O2/c1-2-14-11-18(25-22-14)20-21-19(23-26-20)15-12-17(13-7-4-3-5-8-13)24-10-6-9-16(15)24/h3-5,7-8,11,15-17H,2,6,9-10,12H2,1H3/t15-,16+,17-/m0/s1. The van der Waals surface area contributed by atoms with Gasteiger partial charge in [-0.2, -0.15) is 4.98 Å². The maximum Gasteiger partial charge on any atom is 0.296 e. The van der Waals surface area contributed by atoms with E-state index in [9.17, 15) is 0 Å². The summed E-state index contributed by atoms with van der Waals surface area (Å²) in [5.41, 5.74) is 2.28. The van der Waals surface area contributed by atoms with Crippen molar-refractivity contribution in [3.05, 3.63) is 53.5 Å². The maximum absolute atomic E-state index is 5.50. The van der Waals surface area contributed by atoms with Crippen LogP contribution < -0.4 is 0 Å². The SMILES string of the molecule is CCc1cc(-c2nc([C@H]3C[C@@H](c4ccccc4)N4CCC[C@H]34)no2)on1. The second kappa shape index (κ2) is 6.36. The molecule has 0 radical (unpaired) electrons. The van der Waals surface area contributed by atoms with Crippen LogP contribution in [0.2, 0.25) is 0 Å².